The van der Waals surface area contributed by atoms with Crippen LogP contribution in [-0.4, -0.2) is 24.3 Å². The van der Waals surface area contributed by atoms with Crippen LogP contribution in [0.3, 0.4) is 0 Å². The molecular weight excluding hydrogens is 220 g/mol. The van der Waals surface area contributed by atoms with E-state index in [9.17, 15) is 4.79 Å². The summed E-state index contributed by atoms with van der Waals surface area (Å²) in [5.74, 6) is -0.253. The number of hydrogen-bond donors (Lipinski definition) is 1. The first-order valence-corrected chi connectivity index (χ1v) is 5.09. The van der Waals surface area contributed by atoms with E-state index in [0.29, 0.717) is 19.0 Å². The van der Waals surface area contributed by atoms with Gasteiger partial charge in [-0.3, -0.25) is 0 Å². The Kier molecular flexibility index (Phi) is 5.37. The lowest BCUT2D eigenvalue weighted by Gasteiger charge is -2.05. The highest BCUT2D eigenvalue weighted by atomic mass is 16.5. The second-order valence-corrected chi connectivity index (χ2v) is 3.13. The fourth-order valence-electron chi connectivity index (χ4n) is 1.13. The molecule has 0 saturated heterocycles. The minimum absolute atomic E-state index is 0.441. The summed E-state index contributed by atoms with van der Waals surface area (Å²) < 4.78 is 10.3. The fraction of sp³-hybridized carbons (Fsp3) is 0.154. The number of carbonyl (C=O) groups is 1. The Labute approximate surface area is 99.8 Å². The summed E-state index contributed by atoms with van der Waals surface area (Å²) in [5.41, 5.74) is 0.807. The van der Waals surface area contributed by atoms with Gasteiger partial charge in [-0.1, -0.05) is 18.7 Å². The van der Waals surface area contributed by atoms with Gasteiger partial charge in [0, 0.05) is 6.08 Å². The first kappa shape index (κ1) is 12.8. The van der Waals surface area contributed by atoms with Crippen LogP contribution in [-0.2, 0) is 9.53 Å². The van der Waals surface area contributed by atoms with E-state index in [1.54, 1.807) is 24.3 Å². The second-order valence-electron chi connectivity index (χ2n) is 3.13. The molecule has 0 aromatic heterocycles. The highest BCUT2D eigenvalue weighted by Gasteiger charge is 1.94. The van der Waals surface area contributed by atoms with Gasteiger partial charge in [-0.05, 0) is 23.8 Å². The standard InChI is InChI=1S/C13H14O4/c1-2-16-9-10-17-12-6-3-11(4-7-12)5-8-13(14)15/h2-8H,1,9-10H2,(H,14,15). The van der Waals surface area contributed by atoms with E-state index in [-0.39, 0.29) is 0 Å². The summed E-state index contributed by atoms with van der Waals surface area (Å²) in [6, 6.07) is 7.11. The Morgan fingerprint density at radius 3 is 2.59 bits per heavy atom. The summed E-state index contributed by atoms with van der Waals surface area (Å²) in [6.07, 6.45) is 3.98. The predicted molar refractivity (Wildman–Crippen MR) is 64.8 cm³/mol. The maximum absolute atomic E-state index is 10.3. The molecular formula is C13H14O4. The van der Waals surface area contributed by atoms with E-state index in [1.165, 1.54) is 12.3 Å². The molecule has 0 aliphatic rings. The molecule has 1 aromatic carbocycles. The molecule has 0 atom stereocenters. The summed E-state index contributed by atoms with van der Waals surface area (Å²) in [6.45, 7) is 4.31. The first-order chi connectivity index (χ1) is 8.22. The minimum Gasteiger partial charge on any atom is -0.498 e. The van der Waals surface area contributed by atoms with Gasteiger partial charge in [-0.15, -0.1) is 0 Å². The molecule has 1 rings (SSSR count). The quantitative estimate of drug-likeness (QED) is 0.447. The maximum Gasteiger partial charge on any atom is 0.328 e. The molecule has 90 valence electrons. The number of ether oxygens (including phenoxy) is 2. The van der Waals surface area contributed by atoms with Crippen LogP contribution < -0.4 is 4.74 Å². The SMILES string of the molecule is C=COCCOc1ccc(C=CC(=O)O)cc1. The Balaban J connectivity index is 2.44. The molecule has 0 saturated carbocycles. The molecule has 0 spiro atoms. The van der Waals surface area contributed by atoms with Gasteiger partial charge in [0.25, 0.3) is 0 Å². The number of carboxylic acids is 1. The summed E-state index contributed by atoms with van der Waals surface area (Å²) >= 11 is 0. The zero-order valence-electron chi connectivity index (χ0n) is 9.33. The van der Waals surface area contributed by atoms with Gasteiger partial charge in [0.15, 0.2) is 0 Å². The Bertz CT molecular complexity index is 392. The molecule has 0 amide bonds. The molecule has 0 heterocycles. The van der Waals surface area contributed by atoms with Crippen LogP contribution in [0.4, 0.5) is 0 Å². The number of hydrogen-bond acceptors (Lipinski definition) is 3. The third kappa shape index (κ3) is 5.41. The van der Waals surface area contributed by atoms with E-state index in [1.807, 2.05) is 0 Å². The zero-order valence-corrected chi connectivity index (χ0v) is 9.33. The summed E-state index contributed by atoms with van der Waals surface area (Å²) in [5, 5.41) is 8.46. The smallest absolute Gasteiger partial charge is 0.328 e. The number of aliphatic carboxylic acids is 1. The Morgan fingerprint density at radius 1 is 1.29 bits per heavy atom. The molecule has 0 unspecified atom stereocenters. The number of carboxylic acid groups (broad SMARTS) is 1. The average Bonchev–Trinajstić information content (AvgIpc) is 2.33. The van der Waals surface area contributed by atoms with Crippen LogP contribution in [0.1, 0.15) is 5.56 Å². The Hall–Kier alpha value is -2.23. The van der Waals surface area contributed by atoms with Crippen LogP contribution in [0.5, 0.6) is 5.75 Å². The molecule has 0 bridgehead atoms. The Morgan fingerprint density at radius 2 is 2.00 bits per heavy atom. The molecule has 1 aromatic rings. The van der Waals surface area contributed by atoms with Gasteiger partial charge < -0.3 is 14.6 Å². The van der Waals surface area contributed by atoms with Gasteiger partial charge in [-0.2, -0.15) is 0 Å². The number of benzene rings is 1. The van der Waals surface area contributed by atoms with E-state index in [0.717, 1.165) is 11.6 Å². The molecule has 0 aliphatic heterocycles. The van der Waals surface area contributed by atoms with Gasteiger partial charge in [0.05, 0.1) is 6.26 Å². The van der Waals surface area contributed by atoms with Crippen molar-refractivity contribution in [3.63, 3.8) is 0 Å². The number of rotatable bonds is 7. The minimum atomic E-state index is -0.966. The monoisotopic (exact) mass is 234 g/mol. The van der Waals surface area contributed by atoms with Crippen molar-refractivity contribution in [1.29, 1.82) is 0 Å². The van der Waals surface area contributed by atoms with Crippen molar-refractivity contribution in [2.24, 2.45) is 0 Å². The summed E-state index contributed by atoms with van der Waals surface area (Å²) in [7, 11) is 0. The maximum atomic E-state index is 10.3. The third-order valence-electron chi connectivity index (χ3n) is 1.89. The molecule has 17 heavy (non-hydrogen) atoms. The van der Waals surface area contributed by atoms with Gasteiger partial charge >= 0.3 is 5.97 Å². The van der Waals surface area contributed by atoms with Gasteiger partial charge in [-0.25, -0.2) is 4.79 Å². The second kappa shape index (κ2) is 7.11. The highest BCUT2D eigenvalue weighted by Crippen LogP contribution is 2.13. The van der Waals surface area contributed by atoms with E-state index >= 15 is 0 Å². The normalized spacial score (nSPS) is 10.1. The van der Waals surface area contributed by atoms with Crippen LogP contribution in [0.25, 0.3) is 6.08 Å². The first-order valence-electron chi connectivity index (χ1n) is 5.09. The summed E-state index contributed by atoms with van der Waals surface area (Å²) in [4.78, 5) is 10.3. The van der Waals surface area contributed by atoms with E-state index in [4.69, 9.17) is 14.6 Å². The van der Waals surface area contributed by atoms with Crippen molar-refractivity contribution in [2.45, 2.75) is 0 Å². The van der Waals surface area contributed by atoms with Crippen molar-refractivity contribution in [2.75, 3.05) is 13.2 Å². The molecule has 0 fully saturated rings. The highest BCUT2D eigenvalue weighted by molar-refractivity contribution is 5.85. The van der Waals surface area contributed by atoms with E-state index in [2.05, 4.69) is 6.58 Å². The van der Waals surface area contributed by atoms with Gasteiger partial charge in [0.2, 0.25) is 0 Å². The zero-order chi connectivity index (χ0) is 12.5. The molecule has 4 nitrogen and oxygen atoms in total. The third-order valence-corrected chi connectivity index (χ3v) is 1.89. The molecule has 4 heteroatoms. The van der Waals surface area contributed by atoms with Crippen molar-refractivity contribution in [3.8, 4) is 5.75 Å². The molecule has 0 aliphatic carbocycles. The van der Waals surface area contributed by atoms with Crippen LogP contribution in [0, 0.1) is 0 Å². The van der Waals surface area contributed by atoms with Gasteiger partial charge in [0.1, 0.15) is 19.0 Å². The predicted octanol–water partition coefficient (Wildman–Crippen LogP) is 2.32. The van der Waals surface area contributed by atoms with Crippen LogP contribution in [0.2, 0.25) is 0 Å². The van der Waals surface area contributed by atoms with Crippen LogP contribution in [0.15, 0.2) is 43.2 Å². The average molecular weight is 234 g/mol. The van der Waals surface area contributed by atoms with Crippen LogP contribution >= 0.6 is 0 Å². The molecule has 1 N–H and O–H groups in total. The van der Waals surface area contributed by atoms with Crippen molar-refractivity contribution < 1.29 is 19.4 Å². The lowest BCUT2D eigenvalue weighted by Crippen LogP contribution is -2.03. The van der Waals surface area contributed by atoms with Crippen molar-refractivity contribution in [3.05, 3.63) is 48.7 Å². The lowest BCUT2D eigenvalue weighted by molar-refractivity contribution is -0.131. The fourth-order valence-corrected chi connectivity index (χ4v) is 1.13. The van der Waals surface area contributed by atoms with Crippen molar-refractivity contribution >= 4 is 12.0 Å². The topological polar surface area (TPSA) is 55.8 Å². The van der Waals surface area contributed by atoms with E-state index < -0.39 is 5.97 Å². The largest absolute Gasteiger partial charge is 0.498 e. The molecule has 0 radical (unpaired) electrons. The lowest BCUT2D eigenvalue weighted by atomic mass is 10.2. The van der Waals surface area contributed by atoms with Crippen molar-refractivity contribution in [1.82, 2.24) is 0 Å².